The van der Waals surface area contributed by atoms with Crippen molar-refractivity contribution >= 4 is 16.9 Å². The first-order chi connectivity index (χ1) is 9.16. The molecule has 21 heavy (non-hydrogen) atoms. The van der Waals surface area contributed by atoms with Gasteiger partial charge in [-0.2, -0.15) is 39.5 Å². The molecule has 126 valence electrons. The fraction of sp³-hybridized carbons (Fsp3) is 0.900. The van der Waals surface area contributed by atoms with E-state index in [0.29, 0.717) is 0 Å². The van der Waals surface area contributed by atoms with E-state index in [-0.39, 0.29) is 18.2 Å². The van der Waals surface area contributed by atoms with Crippen LogP contribution in [0.3, 0.4) is 0 Å². The minimum Gasteiger partial charge on any atom is -0.287 e. The second-order valence-electron chi connectivity index (χ2n) is 4.11. The third kappa shape index (κ3) is 5.59. The molecule has 1 nitrogen and oxygen atoms in total. The second kappa shape index (κ2) is 6.66. The van der Waals surface area contributed by atoms with Crippen LogP contribution in [0.5, 0.6) is 0 Å². The van der Waals surface area contributed by atoms with E-state index >= 15 is 0 Å². The van der Waals surface area contributed by atoms with Gasteiger partial charge in [-0.25, -0.2) is 0 Å². The Kier molecular flexibility index (Phi) is 6.46. The smallest absolute Gasteiger partial charge is 0.287 e. The lowest BCUT2D eigenvalue weighted by Crippen LogP contribution is -2.49. The first-order valence-corrected chi connectivity index (χ1v) is 6.50. The van der Waals surface area contributed by atoms with Gasteiger partial charge in [-0.3, -0.25) is 4.79 Å². The summed E-state index contributed by atoms with van der Waals surface area (Å²) in [5.74, 6) is -17.4. The molecule has 0 aliphatic rings. The van der Waals surface area contributed by atoms with Crippen LogP contribution in [0.4, 0.5) is 39.5 Å². The van der Waals surface area contributed by atoms with Crippen LogP contribution in [-0.2, 0) is 4.79 Å². The maximum Gasteiger partial charge on any atom is 0.453 e. The Balaban J connectivity index is 4.83. The highest BCUT2D eigenvalue weighted by Crippen LogP contribution is 2.48. The lowest BCUT2D eigenvalue weighted by molar-refractivity contribution is -0.320. The first kappa shape index (κ1) is 20.4. The minimum atomic E-state index is -6.35. The topological polar surface area (TPSA) is 17.1 Å². The third-order valence-corrected chi connectivity index (χ3v) is 3.38. The zero-order chi connectivity index (χ0) is 17.1. The van der Waals surface area contributed by atoms with Crippen molar-refractivity contribution in [2.45, 2.75) is 50.1 Å². The summed E-state index contributed by atoms with van der Waals surface area (Å²) in [4.78, 5) is 10.8. The number of alkyl halides is 9. The quantitative estimate of drug-likeness (QED) is 0.607. The van der Waals surface area contributed by atoms with Gasteiger partial charge in [-0.05, 0) is 0 Å². The van der Waals surface area contributed by atoms with Crippen molar-refractivity contribution in [1.82, 2.24) is 0 Å². The highest BCUT2D eigenvalue weighted by Gasteiger charge is 2.67. The summed E-state index contributed by atoms with van der Waals surface area (Å²) in [5, 5.41) is -0.588. The molecule has 0 atom stereocenters. The number of hydrogen-bond acceptors (Lipinski definition) is 2. The Bertz CT molecular complexity index is 364. The molecule has 0 unspecified atom stereocenters. The van der Waals surface area contributed by atoms with Crippen LogP contribution in [0.25, 0.3) is 0 Å². The van der Waals surface area contributed by atoms with Gasteiger partial charge < -0.3 is 0 Å². The number of carbonyl (C=O) groups excluding carboxylic acids is 1. The van der Waals surface area contributed by atoms with Crippen LogP contribution < -0.4 is 0 Å². The predicted octanol–water partition coefficient (Wildman–Crippen LogP) is 4.90. The number of halogens is 9. The Labute approximate surface area is 118 Å². The van der Waals surface area contributed by atoms with E-state index in [1.165, 1.54) is 6.92 Å². The Morgan fingerprint density at radius 2 is 1.33 bits per heavy atom. The molecule has 0 saturated heterocycles. The van der Waals surface area contributed by atoms with Gasteiger partial charge >= 0.3 is 23.9 Å². The van der Waals surface area contributed by atoms with Crippen molar-refractivity contribution in [2.75, 3.05) is 5.75 Å². The summed E-state index contributed by atoms with van der Waals surface area (Å²) in [5.41, 5.74) is 0. The van der Waals surface area contributed by atoms with Gasteiger partial charge in [0, 0.05) is 18.6 Å². The molecular weight excluding hydrogens is 339 g/mol. The van der Waals surface area contributed by atoms with Crippen LogP contribution in [0.2, 0.25) is 0 Å². The average molecular weight is 350 g/mol. The average Bonchev–Trinajstić information content (AvgIpc) is 2.25. The summed E-state index contributed by atoms with van der Waals surface area (Å²) in [6, 6.07) is 0. The number of hydrogen-bond donors (Lipinski definition) is 0. The standard InChI is InChI=1S/C10H11F9OS/c1-2-6(20)21-4-3-7(11,12)8(13,14)5-9(15,16)10(17,18)19/h2-5H2,1H3. The van der Waals surface area contributed by atoms with E-state index in [1.807, 2.05) is 0 Å². The first-order valence-electron chi connectivity index (χ1n) is 5.52. The van der Waals surface area contributed by atoms with Crippen molar-refractivity contribution in [3.8, 4) is 0 Å². The monoisotopic (exact) mass is 350 g/mol. The van der Waals surface area contributed by atoms with Gasteiger partial charge in [0.15, 0.2) is 5.12 Å². The Hall–Kier alpha value is -0.610. The summed E-state index contributed by atoms with van der Waals surface area (Å²) in [6.45, 7) is 1.38. The van der Waals surface area contributed by atoms with Crippen molar-refractivity contribution in [3.63, 3.8) is 0 Å². The molecule has 11 heteroatoms. The lowest BCUT2D eigenvalue weighted by atomic mass is 10.0. The van der Waals surface area contributed by atoms with Gasteiger partial charge in [0.1, 0.15) is 0 Å². The molecule has 0 heterocycles. The molecule has 0 aromatic rings. The highest BCUT2D eigenvalue weighted by molar-refractivity contribution is 8.13. The summed E-state index contributed by atoms with van der Waals surface area (Å²) in [6.07, 6.45) is -11.4. The van der Waals surface area contributed by atoms with Crippen molar-refractivity contribution in [3.05, 3.63) is 0 Å². The third-order valence-electron chi connectivity index (χ3n) is 2.36. The summed E-state index contributed by atoms with van der Waals surface area (Å²) in [7, 11) is 0. The van der Waals surface area contributed by atoms with E-state index in [2.05, 4.69) is 0 Å². The van der Waals surface area contributed by atoms with Crippen molar-refractivity contribution in [1.29, 1.82) is 0 Å². The number of rotatable bonds is 7. The fourth-order valence-corrected chi connectivity index (χ4v) is 1.88. The zero-order valence-corrected chi connectivity index (χ0v) is 11.4. The molecule has 0 saturated carbocycles. The normalized spacial score (nSPS) is 14.4. The molecule has 0 rings (SSSR count). The fourth-order valence-electron chi connectivity index (χ4n) is 1.09. The predicted molar refractivity (Wildman–Crippen MR) is 57.9 cm³/mol. The Morgan fingerprint density at radius 1 is 0.857 bits per heavy atom. The summed E-state index contributed by atoms with van der Waals surface area (Å²) < 4.78 is 112. The van der Waals surface area contributed by atoms with Crippen LogP contribution >= 0.6 is 11.8 Å². The molecule has 0 N–H and O–H groups in total. The van der Waals surface area contributed by atoms with Crippen molar-refractivity contribution in [2.24, 2.45) is 0 Å². The lowest BCUT2D eigenvalue weighted by Gasteiger charge is -2.30. The van der Waals surface area contributed by atoms with Gasteiger partial charge in [0.25, 0.3) is 0 Å². The molecule has 0 spiro atoms. The molecule has 0 fully saturated rings. The van der Waals surface area contributed by atoms with E-state index in [4.69, 9.17) is 0 Å². The maximum atomic E-state index is 13.1. The molecular formula is C10H11F9OS. The zero-order valence-electron chi connectivity index (χ0n) is 10.5. The van der Waals surface area contributed by atoms with Crippen molar-refractivity contribution < 1.29 is 44.3 Å². The minimum absolute atomic E-state index is 0.0568. The summed E-state index contributed by atoms with van der Waals surface area (Å²) >= 11 is 0.281. The molecule has 0 bridgehead atoms. The van der Waals surface area contributed by atoms with E-state index in [9.17, 15) is 44.3 Å². The number of carbonyl (C=O) groups is 1. The maximum absolute atomic E-state index is 13.1. The molecule has 0 aliphatic carbocycles. The van der Waals surface area contributed by atoms with E-state index in [1.54, 1.807) is 0 Å². The molecule has 0 aliphatic heterocycles. The Morgan fingerprint density at radius 3 is 1.71 bits per heavy atom. The molecule has 0 amide bonds. The second-order valence-corrected chi connectivity index (χ2v) is 5.26. The van der Waals surface area contributed by atoms with Crippen LogP contribution in [0.15, 0.2) is 0 Å². The molecule has 0 radical (unpaired) electrons. The van der Waals surface area contributed by atoms with Crippen LogP contribution in [-0.4, -0.2) is 34.8 Å². The SMILES string of the molecule is CCC(=O)SCCC(F)(F)C(F)(F)CC(F)(F)C(F)(F)F. The highest BCUT2D eigenvalue weighted by atomic mass is 32.2. The van der Waals surface area contributed by atoms with E-state index < -0.39 is 47.7 Å². The van der Waals surface area contributed by atoms with Crippen LogP contribution in [0, 0.1) is 0 Å². The van der Waals surface area contributed by atoms with Crippen LogP contribution in [0.1, 0.15) is 26.2 Å². The van der Waals surface area contributed by atoms with Gasteiger partial charge in [0.2, 0.25) is 0 Å². The molecule has 0 aromatic heterocycles. The van der Waals surface area contributed by atoms with Gasteiger partial charge in [-0.1, -0.05) is 18.7 Å². The van der Waals surface area contributed by atoms with Gasteiger partial charge in [-0.15, -0.1) is 0 Å². The largest absolute Gasteiger partial charge is 0.453 e. The van der Waals surface area contributed by atoms with E-state index in [0.717, 1.165) is 0 Å². The van der Waals surface area contributed by atoms with Gasteiger partial charge in [0.05, 0.1) is 6.42 Å². The molecule has 0 aromatic carbocycles. The number of thioether (sulfide) groups is 1.